The van der Waals surface area contributed by atoms with Crippen molar-refractivity contribution in [3.05, 3.63) is 73.3 Å². The van der Waals surface area contributed by atoms with E-state index < -0.39 is 11.2 Å². The first kappa shape index (κ1) is 18.6. The lowest BCUT2D eigenvalue weighted by Gasteiger charge is -2.14. The number of hydrogen-bond donors (Lipinski definition) is 3. The van der Waals surface area contributed by atoms with Gasteiger partial charge in [0, 0.05) is 11.0 Å². The van der Waals surface area contributed by atoms with Crippen molar-refractivity contribution in [2.24, 2.45) is 5.92 Å². The van der Waals surface area contributed by atoms with Gasteiger partial charge in [-0.3, -0.25) is 19.1 Å². The molecule has 3 aromatic rings. The summed E-state index contributed by atoms with van der Waals surface area (Å²) < 4.78 is 2.29. The highest BCUT2D eigenvalue weighted by Gasteiger charge is 2.23. The van der Waals surface area contributed by atoms with E-state index in [2.05, 4.69) is 31.5 Å². The Morgan fingerprint density at radius 2 is 2.04 bits per heavy atom. The van der Waals surface area contributed by atoms with Gasteiger partial charge in [-0.05, 0) is 58.7 Å². The molecule has 0 saturated carbocycles. The number of halogens is 1. The first-order chi connectivity index (χ1) is 13.5. The molecule has 0 aliphatic carbocycles. The van der Waals surface area contributed by atoms with Crippen LogP contribution in [-0.4, -0.2) is 28.5 Å². The number of para-hydroxylation sites is 1. The number of carbonyl (C=O) groups is 1. The van der Waals surface area contributed by atoms with E-state index in [0.717, 1.165) is 23.0 Å². The van der Waals surface area contributed by atoms with E-state index >= 15 is 0 Å². The third-order valence-electron chi connectivity index (χ3n) is 4.97. The van der Waals surface area contributed by atoms with E-state index in [9.17, 15) is 14.4 Å². The van der Waals surface area contributed by atoms with Crippen LogP contribution in [0.4, 0.5) is 5.69 Å². The molecule has 1 aliphatic heterocycles. The number of aromatic amines is 1. The summed E-state index contributed by atoms with van der Waals surface area (Å²) in [5.74, 6) is -0.0594. The van der Waals surface area contributed by atoms with Gasteiger partial charge in [0.05, 0.1) is 29.1 Å². The van der Waals surface area contributed by atoms with Gasteiger partial charge in [-0.25, -0.2) is 4.79 Å². The predicted molar refractivity (Wildman–Crippen MR) is 112 cm³/mol. The molecule has 0 bridgehead atoms. The van der Waals surface area contributed by atoms with Crippen LogP contribution in [0, 0.1) is 5.92 Å². The summed E-state index contributed by atoms with van der Waals surface area (Å²) >= 11 is 3.47. The average molecular weight is 443 g/mol. The first-order valence-electron chi connectivity index (χ1n) is 9.05. The Hall–Kier alpha value is -2.71. The zero-order valence-corrected chi connectivity index (χ0v) is 16.6. The van der Waals surface area contributed by atoms with Gasteiger partial charge < -0.3 is 10.6 Å². The molecule has 1 aliphatic rings. The third kappa shape index (κ3) is 3.65. The molecule has 0 radical (unpaired) electrons. The zero-order valence-electron chi connectivity index (χ0n) is 15.0. The van der Waals surface area contributed by atoms with Crippen LogP contribution in [0.2, 0.25) is 0 Å². The molecule has 28 heavy (non-hydrogen) atoms. The van der Waals surface area contributed by atoms with Gasteiger partial charge in [0.25, 0.3) is 5.56 Å². The van der Waals surface area contributed by atoms with Gasteiger partial charge in [-0.2, -0.15) is 0 Å². The second kappa shape index (κ2) is 7.73. The highest BCUT2D eigenvalue weighted by molar-refractivity contribution is 9.10. The van der Waals surface area contributed by atoms with Crippen LogP contribution in [-0.2, 0) is 11.3 Å². The van der Waals surface area contributed by atoms with Crippen LogP contribution in [0.25, 0.3) is 10.9 Å². The van der Waals surface area contributed by atoms with E-state index in [4.69, 9.17) is 0 Å². The second-order valence-corrected chi connectivity index (χ2v) is 7.71. The van der Waals surface area contributed by atoms with Crippen LogP contribution in [0.3, 0.4) is 0 Å². The number of rotatable bonds is 4. The van der Waals surface area contributed by atoms with Crippen LogP contribution < -0.4 is 21.9 Å². The molecule has 4 rings (SSSR count). The molecular formula is C20H19BrN4O3. The highest BCUT2D eigenvalue weighted by Crippen LogP contribution is 2.25. The molecular weight excluding hydrogens is 424 g/mol. The largest absolute Gasteiger partial charge is 0.329 e. The van der Waals surface area contributed by atoms with Crippen molar-refractivity contribution >= 4 is 38.4 Å². The number of carbonyl (C=O) groups excluding carboxylic acids is 1. The monoisotopic (exact) mass is 442 g/mol. The van der Waals surface area contributed by atoms with Crippen LogP contribution in [0.15, 0.2) is 56.5 Å². The van der Waals surface area contributed by atoms with Gasteiger partial charge in [-0.1, -0.05) is 18.2 Å². The lowest BCUT2D eigenvalue weighted by molar-refractivity contribution is -0.119. The lowest BCUT2D eigenvalue weighted by atomic mass is 10.1. The molecule has 1 atom stereocenters. The normalized spacial score (nSPS) is 16.4. The summed E-state index contributed by atoms with van der Waals surface area (Å²) in [7, 11) is 0. The predicted octanol–water partition coefficient (Wildman–Crippen LogP) is 2.05. The maximum Gasteiger partial charge on any atom is 0.329 e. The number of H-pyrrole nitrogens is 1. The fourth-order valence-electron chi connectivity index (χ4n) is 3.46. The molecule has 3 N–H and O–H groups in total. The Morgan fingerprint density at radius 3 is 2.82 bits per heavy atom. The topological polar surface area (TPSA) is 96.0 Å². The fourth-order valence-corrected chi connectivity index (χ4v) is 3.81. The van der Waals surface area contributed by atoms with Crippen LogP contribution >= 0.6 is 15.9 Å². The van der Waals surface area contributed by atoms with Crippen molar-refractivity contribution in [2.45, 2.75) is 13.0 Å². The zero-order chi connectivity index (χ0) is 19.7. The maximum absolute atomic E-state index is 12.4. The van der Waals surface area contributed by atoms with Gasteiger partial charge in [-0.15, -0.1) is 0 Å². The second-order valence-electron chi connectivity index (χ2n) is 6.86. The quantitative estimate of drug-likeness (QED) is 0.575. The number of anilines is 1. The van der Waals surface area contributed by atoms with Gasteiger partial charge in [0.15, 0.2) is 0 Å². The molecule has 2 heterocycles. The summed E-state index contributed by atoms with van der Waals surface area (Å²) in [6.45, 7) is 1.81. The molecule has 0 unspecified atom stereocenters. The Bertz CT molecular complexity index is 1160. The van der Waals surface area contributed by atoms with Gasteiger partial charge in [0.2, 0.25) is 5.91 Å². The number of amides is 1. The Morgan fingerprint density at radius 1 is 1.21 bits per heavy atom. The minimum Gasteiger partial charge on any atom is -0.325 e. The Balaban J connectivity index is 1.66. The summed E-state index contributed by atoms with van der Waals surface area (Å²) in [6.07, 6.45) is 0.821. The SMILES string of the molecule is O=C(Nc1cc(Cn2c(=O)[nH]c(=O)c3ccccc32)ccc1Br)[C@H]1CCNC1. The van der Waals surface area contributed by atoms with Crippen molar-refractivity contribution in [1.82, 2.24) is 14.9 Å². The summed E-state index contributed by atoms with van der Waals surface area (Å²) in [6, 6.07) is 12.6. The molecule has 1 amide bonds. The van der Waals surface area contributed by atoms with E-state index in [-0.39, 0.29) is 18.4 Å². The van der Waals surface area contributed by atoms with Crippen molar-refractivity contribution in [3.63, 3.8) is 0 Å². The Kier molecular flexibility index (Phi) is 5.15. The molecule has 144 valence electrons. The lowest BCUT2D eigenvalue weighted by Crippen LogP contribution is -2.30. The smallest absolute Gasteiger partial charge is 0.325 e. The number of aromatic nitrogens is 2. The maximum atomic E-state index is 12.4. The van der Waals surface area contributed by atoms with Crippen molar-refractivity contribution < 1.29 is 4.79 Å². The minimum atomic E-state index is -0.464. The van der Waals surface area contributed by atoms with E-state index in [1.165, 1.54) is 4.57 Å². The summed E-state index contributed by atoms with van der Waals surface area (Å²) in [5, 5.41) is 6.61. The molecule has 8 heteroatoms. The Labute approximate surface area is 168 Å². The standard InChI is InChI=1S/C20H19BrN4O3/c21-15-6-5-12(9-16(15)23-18(26)13-7-8-22-10-13)11-25-17-4-2-1-3-14(17)19(27)24-20(25)28/h1-6,9,13,22H,7-8,10-11H2,(H,23,26)(H,24,27,28)/t13-/m0/s1. The molecule has 1 fully saturated rings. The first-order valence-corrected chi connectivity index (χ1v) is 9.84. The molecule has 7 nitrogen and oxygen atoms in total. The number of benzene rings is 2. The third-order valence-corrected chi connectivity index (χ3v) is 5.66. The fraction of sp³-hybridized carbons (Fsp3) is 0.250. The van der Waals surface area contributed by atoms with Crippen LogP contribution in [0.5, 0.6) is 0 Å². The van der Waals surface area contributed by atoms with Crippen LogP contribution in [0.1, 0.15) is 12.0 Å². The highest BCUT2D eigenvalue weighted by atomic mass is 79.9. The van der Waals surface area contributed by atoms with Crippen molar-refractivity contribution in [3.8, 4) is 0 Å². The molecule has 0 spiro atoms. The average Bonchev–Trinajstić information content (AvgIpc) is 3.22. The number of nitrogens with one attached hydrogen (secondary N) is 3. The molecule has 1 saturated heterocycles. The number of fused-ring (bicyclic) bond motifs is 1. The van der Waals surface area contributed by atoms with E-state index in [1.54, 1.807) is 24.3 Å². The van der Waals surface area contributed by atoms with E-state index in [1.807, 2.05) is 18.2 Å². The van der Waals surface area contributed by atoms with Crippen molar-refractivity contribution in [1.29, 1.82) is 0 Å². The molecule has 2 aromatic carbocycles. The molecule has 1 aromatic heterocycles. The number of nitrogens with zero attached hydrogens (tertiary/aromatic N) is 1. The number of hydrogen-bond acceptors (Lipinski definition) is 4. The summed E-state index contributed by atoms with van der Waals surface area (Å²) in [4.78, 5) is 39.2. The van der Waals surface area contributed by atoms with Gasteiger partial charge in [0.1, 0.15) is 0 Å². The van der Waals surface area contributed by atoms with E-state index in [0.29, 0.717) is 23.1 Å². The van der Waals surface area contributed by atoms with Crippen molar-refractivity contribution in [2.75, 3.05) is 18.4 Å². The summed E-state index contributed by atoms with van der Waals surface area (Å²) in [5.41, 5.74) is 1.21. The minimum absolute atomic E-state index is 0.0190. The van der Waals surface area contributed by atoms with Gasteiger partial charge >= 0.3 is 5.69 Å².